The Balaban J connectivity index is 1.78. The number of fused-ring (bicyclic) bond motifs is 2. The molecule has 4 rings (SSSR count). The van der Waals surface area contributed by atoms with E-state index >= 15 is 0 Å². The number of carbonyl (C=O) groups excluding carboxylic acids is 1. The van der Waals surface area contributed by atoms with Crippen LogP contribution in [-0.4, -0.2) is 24.1 Å². The van der Waals surface area contributed by atoms with Crippen LogP contribution in [0.3, 0.4) is 0 Å². The summed E-state index contributed by atoms with van der Waals surface area (Å²) in [6, 6.07) is 11.1. The lowest BCUT2D eigenvalue weighted by atomic mass is 9.91. The van der Waals surface area contributed by atoms with Crippen molar-refractivity contribution in [2.75, 3.05) is 17.3 Å². The number of nitrogens with one attached hydrogen (secondary N) is 1. The lowest BCUT2D eigenvalue weighted by molar-refractivity contribution is -0.120. The molecule has 0 aromatic heterocycles. The zero-order chi connectivity index (χ0) is 23.4. The molecule has 2 aromatic rings. The van der Waals surface area contributed by atoms with Gasteiger partial charge in [0.15, 0.2) is 11.5 Å². The Morgan fingerprint density at radius 2 is 2.00 bits per heavy atom. The highest BCUT2D eigenvalue weighted by atomic mass is 16.5. The largest absolute Gasteiger partial charge is 0.504 e. The summed E-state index contributed by atoms with van der Waals surface area (Å²) in [6.45, 7) is 4.18. The van der Waals surface area contributed by atoms with Crippen molar-refractivity contribution in [2.45, 2.75) is 45.6 Å². The molecule has 0 bridgehead atoms. The minimum Gasteiger partial charge on any atom is -0.504 e. The van der Waals surface area contributed by atoms with Gasteiger partial charge in [0, 0.05) is 24.6 Å². The zero-order valence-corrected chi connectivity index (χ0v) is 19.5. The first-order valence-electron chi connectivity index (χ1n) is 11.8. The minimum atomic E-state index is -0.0551. The summed E-state index contributed by atoms with van der Waals surface area (Å²) in [5, 5.41) is 14.1. The van der Waals surface area contributed by atoms with Gasteiger partial charge in [-0.15, -0.1) is 0 Å². The van der Waals surface area contributed by atoms with Crippen LogP contribution in [0.15, 0.2) is 66.3 Å². The van der Waals surface area contributed by atoms with E-state index in [9.17, 15) is 9.90 Å². The first-order valence-corrected chi connectivity index (χ1v) is 11.8. The fraction of sp³-hybridized carbons (Fsp3) is 0.321. The second-order valence-electron chi connectivity index (χ2n) is 8.63. The topological polar surface area (TPSA) is 61.8 Å². The fourth-order valence-corrected chi connectivity index (χ4v) is 4.53. The van der Waals surface area contributed by atoms with Crippen molar-refractivity contribution in [3.05, 3.63) is 71.8 Å². The second-order valence-corrected chi connectivity index (χ2v) is 8.63. The maximum Gasteiger partial charge on any atom is 0.227 e. The first-order chi connectivity index (χ1) is 16.0. The fourth-order valence-electron chi connectivity index (χ4n) is 4.53. The first kappa shape index (κ1) is 22.7. The zero-order valence-electron chi connectivity index (χ0n) is 19.5. The van der Waals surface area contributed by atoms with Gasteiger partial charge in [0.05, 0.1) is 17.4 Å². The van der Waals surface area contributed by atoms with Crippen LogP contribution in [0.4, 0.5) is 11.4 Å². The van der Waals surface area contributed by atoms with Crippen LogP contribution < -0.4 is 15.0 Å². The third kappa shape index (κ3) is 4.68. The standard InChI is InChI=1S/C28H32N2O3/c1-4-6-12-19(5-2)28(32)29-23-18-25(31)27(33-21-14-8-7-9-15-21)22-17-20-13-10-11-16-24(20)30(3)26(22)23/h7-11,13-19,24,31H,4-6,12H2,1-3H3,(H,29,32). The van der Waals surface area contributed by atoms with E-state index in [1.165, 1.54) is 0 Å². The van der Waals surface area contributed by atoms with E-state index in [0.717, 1.165) is 42.5 Å². The summed E-state index contributed by atoms with van der Waals surface area (Å²) >= 11 is 0. The lowest BCUT2D eigenvalue weighted by Crippen LogP contribution is -2.36. The molecule has 1 aliphatic carbocycles. The molecule has 5 heteroatoms. The highest BCUT2D eigenvalue weighted by Crippen LogP contribution is 2.49. The van der Waals surface area contributed by atoms with E-state index in [1.54, 1.807) is 6.07 Å². The summed E-state index contributed by atoms with van der Waals surface area (Å²) in [5.74, 6) is 0.952. The van der Waals surface area contributed by atoms with Crippen LogP contribution in [-0.2, 0) is 4.79 Å². The van der Waals surface area contributed by atoms with Crippen LogP contribution in [0.1, 0.15) is 45.1 Å². The van der Waals surface area contributed by atoms with Crippen LogP contribution in [0.25, 0.3) is 6.08 Å². The third-order valence-electron chi connectivity index (χ3n) is 6.37. The number of ether oxygens (including phenoxy) is 1. The maximum atomic E-state index is 13.1. The number of likely N-dealkylation sites (N-methyl/N-ethyl adjacent to an activating group) is 1. The molecular weight excluding hydrogens is 412 g/mol. The van der Waals surface area contributed by atoms with Gasteiger partial charge in [-0.1, -0.05) is 69.2 Å². The molecule has 0 fully saturated rings. The Bertz CT molecular complexity index is 1100. The van der Waals surface area contributed by atoms with Gasteiger partial charge in [-0.3, -0.25) is 4.79 Å². The molecule has 2 aliphatic rings. The molecule has 0 spiro atoms. The van der Waals surface area contributed by atoms with Gasteiger partial charge in [-0.25, -0.2) is 0 Å². The van der Waals surface area contributed by atoms with Crippen molar-refractivity contribution in [1.82, 2.24) is 0 Å². The summed E-state index contributed by atoms with van der Waals surface area (Å²) in [5.41, 5.74) is 3.29. The molecule has 1 aliphatic heterocycles. The number of carbonyl (C=O) groups is 1. The van der Waals surface area contributed by atoms with Crippen molar-refractivity contribution in [2.24, 2.45) is 5.92 Å². The van der Waals surface area contributed by atoms with Crippen molar-refractivity contribution in [1.29, 1.82) is 0 Å². The van der Waals surface area contributed by atoms with Crippen LogP contribution in [0, 0.1) is 5.92 Å². The van der Waals surface area contributed by atoms with Gasteiger partial charge < -0.3 is 20.1 Å². The van der Waals surface area contributed by atoms with E-state index in [4.69, 9.17) is 4.74 Å². The third-order valence-corrected chi connectivity index (χ3v) is 6.37. The number of unbranched alkanes of at least 4 members (excludes halogenated alkanes) is 1. The van der Waals surface area contributed by atoms with E-state index in [2.05, 4.69) is 29.3 Å². The molecule has 0 saturated heterocycles. The van der Waals surface area contributed by atoms with Gasteiger partial charge in [-0.05, 0) is 36.6 Å². The number of nitrogens with zero attached hydrogens (tertiary/aromatic N) is 1. The number of hydrogen-bond acceptors (Lipinski definition) is 4. The summed E-state index contributed by atoms with van der Waals surface area (Å²) < 4.78 is 6.14. The number of anilines is 2. The quantitative estimate of drug-likeness (QED) is 0.477. The Kier molecular flexibility index (Phi) is 6.87. The van der Waals surface area contributed by atoms with E-state index in [-0.39, 0.29) is 23.6 Å². The number of rotatable bonds is 8. The van der Waals surface area contributed by atoms with Crippen molar-refractivity contribution in [3.8, 4) is 17.2 Å². The molecule has 0 radical (unpaired) electrons. The van der Waals surface area contributed by atoms with Gasteiger partial charge in [0.25, 0.3) is 0 Å². The average molecular weight is 445 g/mol. The molecule has 0 saturated carbocycles. The molecule has 1 heterocycles. The average Bonchev–Trinajstić information content (AvgIpc) is 2.82. The monoisotopic (exact) mass is 444 g/mol. The van der Waals surface area contributed by atoms with Gasteiger partial charge in [0.1, 0.15) is 5.75 Å². The molecule has 2 N–H and O–H groups in total. The SMILES string of the molecule is CCCCC(CC)C(=O)Nc1cc(O)c(Oc2ccccc2)c2c1N(C)C1C=CC=CC1=C2. The lowest BCUT2D eigenvalue weighted by Gasteiger charge is -2.37. The van der Waals surface area contributed by atoms with Gasteiger partial charge in [0.2, 0.25) is 5.91 Å². The van der Waals surface area contributed by atoms with Crippen LogP contribution >= 0.6 is 0 Å². The molecular formula is C28H32N2O3. The number of aromatic hydroxyl groups is 1. The predicted octanol–water partition coefficient (Wildman–Crippen LogP) is 6.67. The van der Waals surface area contributed by atoms with Crippen molar-refractivity contribution >= 4 is 23.4 Å². The Morgan fingerprint density at radius 1 is 1.21 bits per heavy atom. The number of amides is 1. The van der Waals surface area contributed by atoms with Crippen LogP contribution in [0.5, 0.6) is 17.2 Å². The summed E-state index contributed by atoms with van der Waals surface area (Å²) in [6.07, 6.45) is 14.0. The van der Waals surface area contributed by atoms with Gasteiger partial charge in [-0.2, -0.15) is 0 Å². The van der Waals surface area contributed by atoms with E-state index < -0.39 is 0 Å². The molecule has 2 aromatic carbocycles. The van der Waals surface area contributed by atoms with Crippen LogP contribution in [0.2, 0.25) is 0 Å². The van der Waals surface area contributed by atoms with Crippen molar-refractivity contribution < 1.29 is 14.6 Å². The second kappa shape index (κ2) is 9.99. The number of hydrogen-bond donors (Lipinski definition) is 2. The number of phenols is 1. The molecule has 33 heavy (non-hydrogen) atoms. The Morgan fingerprint density at radius 3 is 2.73 bits per heavy atom. The maximum absolute atomic E-state index is 13.1. The molecule has 2 unspecified atom stereocenters. The number of phenolic OH excluding ortho intramolecular Hbond substituents is 1. The molecule has 1 amide bonds. The van der Waals surface area contributed by atoms with Gasteiger partial charge >= 0.3 is 0 Å². The molecule has 172 valence electrons. The highest BCUT2D eigenvalue weighted by Gasteiger charge is 2.31. The normalized spacial score (nSPS) is 17.1. The Hall–Kier alpha value is -3.47. The highest BCUT2D eigenvalue weighted by molar-refractivity contribution is 6.00. The number of benzene rings is 2. The smallest absolute Gasteiger partial charge is 0.227 e. The number of allylic oxidation sites excluding steroid dienone is 2. The Labute approximate surface area is 196 Å². The van der Waals surface area contributed by atoms with E-state index in [0.29, 0.717) is 17.2 Å². The molecule has 5 nitrogen and oxygen atoms in total. The molecule has 2 atom stereocenters. The summed E-state index contributed by atoms with van der Waals surface area (Å²) in [7, 11) is 2.01. The van der Waals surface area contributed by atoms with E-state index in [1.807, 2.05) is 62.5 Å². The predicted molar refractivity (Wildman–Crippen MR) is 135 cm³/mol. The summed E-state index contributed by atoms with van der Waals surface area (Å²) in [4.78, 5) is 15.3. The number of para-hydroxylation sites is 1. The minimum absolute atomic E-state index is 0.00598. The van der Waals surface area contributed by atoms with Crippen molar-refractivity contribution in [3.63, 3.8) is 0 Å².